The van der Waals surface area contributed by atoms with Crippen LogP contribution < -0.4 is 10.6 Å². The maximum Gasteiger partial charge on any atom is 0.171 e. The molecule has 1 aromatic rings. The van der Waals surface area contributed by atoms with Crippen molar-refractivity contribution < 1.29 is 9.60 Å². The van der Waals surface area contributed by atoms with E-state index in [1.165, 1.54) is 0 Å². The third-order valence-electron chi connectivity index (χ3n) is 3.82. The second kappa shape index (κ2) is 5.99. The van der Waals surface area contributed by atoms with Gasteiger partial charge in [-0.05, 0) is 46.8 Å². The van der Waals surface area contributed by atoms with Crippen LogP contribution in [0.15, 0.2) is 21.8 Å². The Balaban J connectivity index is 2.42. The summed E-state index contributed by atoms with van der Waals surface area (Å²) in [6.07, 6.45) is 2.15. The molecule has 0 amide bonds. The van der Waals surface area contributed by atoms with E-state index in [0.717, 1.165) is 19.4 Å². The fourth-order valence-electron chi connectivity index (χ4n) is 2.80. The molecule has 3 N–H and O–H groups in total. The number of amidine groups is 1. The number of halogens is 2. The smallest absolute Gasteiger partial charge is 0.171 e. The van der Waals surface area contributed by atoms with Crippen LogP contribution in [0.25, 0.3) is 0 Å². The molecule has 1 fully saturated rings. The molecule has 1 saturated heterocycles. The van der Waals surface area contributed by atoms with Gasteiger partial charge in [-0.1, -0.05) is 19.0 Å². The molecule has 4 nitrogen and oxygen atoms in total. The van der Waals surface area contributed by atoms with Gasteiger partial charge in [-0.3, -0.25) is 0 Å². The normalized spacial score (nSPS) is 19.9. The maximum absolute atomic E-state index is 14.6. The van der Waals surface area contributed by atoms with E-state index < -0.39 is 0 Å². The summed E-state index contributed by atoms with van der Waals surface area (Å²) in [6, 6.07) is 3.73. The minimum Gasteiger partial charge on any atom is -0.409 e. The summed E-state index contributed by atoms with van der Waals surface area (Å²) in [5.41, 5.74) is 6.46. The molecule has 20 heavy (non-hydrogen) atoms. The number of hydrogen-bond acceptors (Lipinski definition) is 3. The summed E-state index contributed by atoms with van der Waals surface area (Å²) in [5, 5.41) is 11.6. The van der Waals surface area contributed by atoms with Gasteiger partial charge in [0.25, 0.3) is 0 Å². The minimum absolute atomic E-state index is 0.107. The lowest BCUT2D eigenvalue weighted by Crippen LogP contribution is -2.34. The Kier molecular flexibility index (Phi) is 4.52. The number of nitrogens with two attached hydrogens (primary N) is 1. The van der Waals surface area contributed by atoms with E-state index in [2.05, 4.69) is 39.8 Å². The second-order valence-corrected chi connectivity index (χ2v) is 6.19. The first-order chi connectivity index (χ1) is 9.47. The van der Waals surface area contributed by atoms with Gasteiger partial charge in [0.05, 0.1) is 10.2 Å². The predicted octanol–water partition coefficient (Wildman–Crippen LogP) is 3.31. The van der Waals surface area contributed by atoms with Crippen LogP contribution in [-0.4, -0.2) is 23.6 Å². The first-order valence-corrected chi connectivity index (χ1v) is 7.49. The lowest BCUT2D eigenvalue weighted by atomic mass is 10.0. The molecule has 110 valence electrons. The molecular weight excluding hydrogens is 325 g/mol. The zero-order chi connectivity index (χ0) is 14.9. The monoisotopic (exact) mass is 343 g/mol. The van der Waals surface area contributed by atoms with E-state index >= 15 is 0 Å². The highest BCUT2D eigenvalue weighted by Crippen LogP contribution is 2.35. The average molecular weight is 344 g/mol. The molecule has 1 aromatic carbocycles. The van der Waals surface area contributed by atoms with Crippen molar-refractivity contribution in [2.75, 3.05) is 11.4 Å². The van der Waals surface area contributed by atoms with Gasteiger partial charge in [-0.15, -0.1) is 0 Å². The topological polar surface area (TPSA) is 61.8 Å². The zero-order valence-corrected chi connectivity index (χ0v) is 13.2. The highest BCUT2D eigenvalue weighted by Gasteiger charge is 2.30. The van der Waals surface area contributed by atoms with Gasteiger partial charge in [-0.25, -0.2) is 4.39 Å². The quantitative estimate of drug-likeness (QED) is 0.383. The van der Waals surface area contributed by atoms with Crippen molar-refractivity contribution in [2.45, 2.75) is 32.7 Å². The fraction of sp³-hybridized carbons (Fsp3) is 0.500. The summed E-state index contributed by atoms with van der Waals surface area (Å²) >= 11 is 3.20. The Morgan fingerprint density at radius 1 is 1.55 bits per heavy atom. The van der Waals surface area contributed by atoms with Crippen molar-refractivity contribution >= 4 is 27.5 Å². The van der Waals surface area contributed by atoms with E-state index in [1.807, 2.05) is 0 Å². The molecule has 0 aliphatic carbocycles. The van der Waals surface area contributed by atoms with Gasteiger partial charge in [0.2, 0.25) is 0 Å². The van der Waals surface area contributed by atoms with Gasteiger partial charge in [0.15, 0.2) is 11.7 Å². The lowest BCUT2D eigenvalue weighted by Gasteiger charge is -2.30. The molecule has 1 atom stereocenters. The Morgan fingerprint density at radius 3 is 2.85 bits per heavy atom. The minimum atomic E-state index is -0.360. The molecule has 1 aliphatic rings. The van der Waals surface area contributed by atoms with Crippen LogP contribution in [0.3, 0.4) is 0 Å². The average Bonchev–Trinajstić information content (AvgIpc) is 2.90. The standard InChI is InChI=1S/C14H19BrFN3O/c1-8(2)10-4-3-7-19(10)11-6-5-9(14(17)18-20)12(15)13(11)16/h5-6,8,10,20H,3-4,7H2,1-2H3,(H2,17,18). The van der Waals surface area contributed by atoms with Gasteiger partial charge in [0.1, 0.15) is 0 Å². The first kappa shape index (κ1) is 15.1. The van der Waals surface area contributed by atoms with Crippen LogP contribution in [0.1, 0.15) is 32.3 Å². The molecule has 1 heterocycles. The van der Waals surface area contributed by atoms with Crippen molar-refractivity contribution in [2.24, 2.45) is 16.8 Å². The SMILES string of the molecule is CC(C)C1CCCN1c1ccc(/C(N)=N/O)c(Br)c1F. The fourth-order valence-corrected chi connectivity index (χ4v) is 3.34. The van der Waals surface area contributed by atoms with Crippen LogP contribution in [0.4, 0.5) is 10.1 Å². The Labute approximate surface area is 126 Å². The van der Waals surface area contributed by atoms with Crippen molar-refractivity contribution in [1.82, 2.24) is 0 Å². The van der Waals surface area contributed by atoms with Crippen LogP contribution >= 0.6 is 15.9 Å². The number of anilines is 1. The van der Waals surface area contributed by atoms with Gasteiger partial charge < -0.3 is 15.8 Å². The number of nitrogens with zero attached hydrogens (tertiary/aromatic N) is 2. The molecular formula is C14H19BrFN3O. The predicted molar refractivity (Wildman–Crippen MR) is 81.8 cm³/mol. The summed E-state index contributed by atoms with van der Waals surface area (Å²) in [6.45, 7) is 5.16. The highest BCUT2D eigenvalue weighted by atomic mass is 79.9. The largest absolute Gasteiger partial charge is 0.409 e. The summed E-state index contributed by atoms with van der Waals surface area (Å²) in [5.74, 6) is 0.00484. The van der Waals surface area contributed by atoms with E-state index in [9.17, 15) is 4.39 Å². The molecule has 1 aliphatic heterocycles. The van der Waals surface area contributed by atoms with Gasteiger partial charge in [0, 0.05) is 18.2 Å². The summed E-state index contributed by atoms with van der Waals surface area (Å²) < 4.78 is 14.8. The number of benzene rings is 1. The Morgan fingerprint density at radius 2 is 2.25 bits per heavy atom. The molecule has 0 aromatic heterocycles. The number of hydrogen-bond donors (Lipinski definition) is 2. The first-order valence-electron chi connectivity index (χ1n) is 6.70. The summed E-state index contributed by atoms with van der Waals surface area (Å²) in [7, 11) is 0. The van der Waals surface area contributed by atoms with Crippen LogP contribution in [0, 0.1) is 11.7 Å². The van der Waals surface area contributed by atoms with Gasteiger partial charge >= 0.3 is 0 Å². The van der Waals surface area contributed by atoms with Crippen molar-refractivity contribution in [1.29, 1.82) is 0 Å². The Hall–Kier alpha value is -1.30. The zero-order valence-electron chi connectivity index (χ0n) is 11.6. The third kappa shape index (κ3) is 2.61. The molecule has 0 saturated carbocycles. The summed E-state index contributed by atoms with van der Waals surface area (Å²) in [4.78, 5) is 2.11. The number of oxime groups is 1. The molecule has 6 heteroatoms. The molecule has 0 radical (unpaired) electrons. The Bertz CT molecular complexity index is 533. The van der Waals surface area contributed by atoms with E-state index in [1.54, 1.807) is 12.1 Å². The van der Waals surface area contributed by atoms with Crippen molar-refractivity contribution in [3.63, 3.8) is 0 Å². The van der Waals surface area contributed by atoms with E-state index in [-0.39, 0.29) is 16.1 Å². The number of rotatable bonds is 3. The van der Waals surface area contributed by atoms with Crippen LogP contribution in [-0.2, 0) is 0 Å². The van der Waals surface area contributed by atoms with Gasteiger partial charge in [-0.2, -0.15) is 0 Å². The second-order valence-electron chi connectivity index (χ2n) is 5.39. The molecule has 0 bridgehead atoms. The van der Waals surface area contributed by atoms with Crippen molar-refractivity contribution in [3.8, 4) is 0 Å². The van der Waals surface area contributed by atoms with Crippen molar-refractivity contribution in [3.05, 3.63) is 28.0 Å². The highest BCUT2D eigenvalue weighted by molar-refractivity contribution is 9.10. The van der Waals surface area contributed by atoms with Crippen LogP contribution in [0.2, 0.25) is 0 Å². The lowest BCUT2D eigenvalue weighted by molar-refractivity contribution is 0.318. The van der Waals surface area contributed by atoms with Crippen LogP contribution in [0.5, 0.6) is 0 Å². The van der Waals surface area contributed by atoms with E-state index in [0.29, 0.717) is 23.2 Å². The molecule has 2 rings (SSSR count). The molecule has 1 unspecified atom stereocenters. The third-order valence-corrected chi connectivity index (χ3v) is 4.60. The molecule has 0 spiro atoms. The maximum atomic E-state index is 14.6. The van der Waals surface area contributed by atoms with E-state index in [4.69, 9.17) is 10.9 Å².